The Morgan fingerprint density at radius 2 is 1.79 bits per heavy atom. The summed E-state index contributed by atoms with van der Waals surface area (Å²) in [5.74, 6) is -0.913. The number of H-pyrrole nitrogens is 1. The summed E-state index contributed by atoms with van der Waals surface area (Å²) in [6, 6.07) is 7.89. The lowest BCUT2D eigenvalue weighted by Crippen LogP contribution is -2.24. The minimum atomic E-state index is -0.628. The predicted molar refractivity (Wildman–Crippen MR) is 110 cm³/mol. The van der Waals surface area contributed by atoms with Gasteiger partial charge in [-0.25, -0.2) is 9.59 Å². The van der Waals surface area contributed by atoms with Crippen molar-refractivity contribution in [1.82, 2.24) is 4.98 Å². The summed E-state index contributed by atoms with van der Waals surface area (Å²) >= 11 is 0. The highest BCUT2D eigenvalue weighted by molar-refractivity contribution is 5.99. The molecule has 2 N–H and O–H groups in total. The molecule has 1 aromatic heterocycles. The number of aromatic nitrogens is 1. The molecule has 0 saturated heterocycles. The predicted octanol–water partition coefficient (Wildman–Crippen LogP) is 4.63. The van der Waals surface area contributed by atoms with Crippen LogP contribution >= 0.6 is 0 Å². The molecular formula is C22H30N2O4. The Morgan fingerprint density at radius 1 is 1.11 bits per heavy atom. The molecule has 0 aliphatic carbocycles. The zero-order valence-corrected chi connectivity index (χ0v) is 17.6. The van der Waals surface area contributed by atoms with Gasteiger partial charge in [0, 0.05) is 11.4 Å². The van der Waals surface area contributed by atoms with E-state index in [-0.39, 0.29) is 6.61 Å². The van der Waals surface area contributed by atoms with Gasteiger partial charge in [-0.15, -0.1) is 0 Å². The molecule has 1 aromatic carbocycles. The average molecular weight is 386 g/mol. The summed E-state index contributed by atoms with van der Waals surface area (Å²) in [5.41, 5.74) is 3.37. The van der Waals surface area contributed by atoms with Gasteiger partial charge in [0.15, 0.2) is 0 Å². The van der Waals surface area contributed by atoms with Gasteiger partial charge in [-0.2, -0.15) is 0 Å². The van der Waals surface area contributed by atoms with E-state index in [1.54, 1.807) is 6.92 Å². The zero-order valence-electron chi connectivity index (χ0n) is 17.6. The van der Waals surface area contributed by atoms with Gasteiger partial charge in [-0.1, -0.05) is 25.1 Å². The summed E-state index contributed by atoms with van der Waals surface area (Å²) in [7, 11) is 0. The minimum Gasteiger partial charge on any atom is -0.462 e. The van der Waals surface area contributed by atoms with Crippen LogP contribution in [0.15, 0.2) is 24.3 Å². The highest BCUT2D eigenvalue weighted by atomic mass is 16.6. The fourth-order valence-electron chi connectivity index (χ4n) is 2.99. The lowest BCUT2D eigenvalue weighted by Gasteiger charge is -2.19. The molecule has 152 valence electrons. The number of hydrogen-bond donors (Lipinski definition) is 2. The van der Waals surface area contributed by atoms with Crippen LogP contribution in [0.25, 0.3) is 0 Å². The second kappa shape index (κ2) is 8.95. The van der Waals surface area contributed by atoms with Crippen LogP contribution in [0.3, 0.4) is 0 Å². The first-order valence-corrected chi connectivity index (χ1v) is 9.61. The molecule has 0 saturated carbocycles. The number of esters is 2. The van der Waals surface area contributed by atoms with E-state index in [9.17, 15) is 9.59 Å². The van der Waals surface area contributed by atoms with Crippen molar-refractivity contribution in [3.63, 3.8) is 0 Å². The summed E-state index contributed by atoms with van der Waals surface area (Å²) < 4.78 is 10.8. The minimum absolute atomic E-state index is 0.263. The quantitative estimate of drug-likeness (QED) is 0.678. The van der Waals surface area contributed by atoms with Crippen molar-refractivity contribution in [3.8, 4) is 0 Å². The molecule has 0 aliphatic heterocycles. The van der Waals surface area contributed by atoms with Crippen LogP contribution < -0.4 is 5.32 Å². The average Bonchev–Trinajstić information content (AvgIpc) is 2.98. The van der Waals surface area contributed by atoms with Crippen molar-refractivity contribution >= 4 is 17.6 Å². The van der Waals surface area contributed by atoms with Crippen LogP contribution in [-0.4, -0.2) is 29.1 Å². The van der Waals surface area contributed by atoms with E-state index < -0.39 is 17.5 Å². The van der Waals surface area contributed by atoms with E-state index in [0.717, 1.165) is 11.3 Å². The molecule has 2 rings (SSSR count). The molecule has 2 aromatic rings. The number of rotatable bonds is 7. The number of aryl methyl sites for hydroxylation is 1. The number of anilines is 1. The molecule has 28 heavy (non-hydrogen) atoms. The molecule has 0 atom stereocenters. The standard InChI is InChI=1S/C22H30N2O4/c1-7-15-18(20(25)27-8-2)17(13-23-16-12-10-9-11-14(16)3)24-19(15)21(26)28-22(4,5)6/h9-12,23-24H,7-8,13H2,1-6H3. The monoisotopic (exact) mass is 386 g/mol. The van der Waals surface area contributed by atoms with Crippen LogP contribution in [0.1, 0.15) is 72.3 Å². The van der Waals surface area contributed by atoms with E-state index in [1.807, 2.05) is 58.9 Å². The Hall–Kier alpha value is -2.76. The summed E-state index contributed by atoms with van der Waals surface area (Å²) in [4.78, 5) is 28.4. The molecule has 0 radical (unpaired) electrons. The third-order valence-corrected chi connectivity index (χ3v) is 4.22. The highest BCUT2D eigenvalue weighted by Gasteiger charge is 2.29. The van der Waals surface area contributed by atoms with E-state index >= 15 is 0 Å². The molecule has 0 fully saturated rings. The first-order valence-electron chi connectivity index (χ1n) is 9.61. The van der Waals surface area contributed by atoms with E-state index in [2.05, 4.69) is 10.3 Å². The lowest BCUT2D eigenvalue weighted by molar-refractivity contribution is 0.00622. The van der Waals surface area contributed by atoms with Crippen LogP contribution in [0, 0.1) is 6.92 Å². The van der Waals surface area contributed by atoms with Gasteiger partial charge in [0.25, 0.3) is 0 Å². The summed E-state index contributed by atoms with van der Waals surface area (Å²) in [5, 5.41) is 3.33. The van der Waals surface area contributed by atoms with Gasteiger partial charge in [-0.3, -0.25) is 0 Å². The zero-order chi connectivity index (χ0) is 20.9. The molecule has 0 unspecified atom stereocenters. The number of aromatic amines is 1. The van der Waals surface area contributed by atoms with E-state index in [0.29, 0.717) is 35.5 Å². The van der Waals surface area contributed by atoms with Crippen LogP contribution in [-0.2, 0) is 22.4 Å². The number of para-hydroxylation sites is 1. The number of ether oxygens (including phenoxy) is 2. The summed E-state index contributed by atoms with van der Waals surface area (Å²) in [6.07, 6.45) is 0.504. The first-order chi connectivity index (χ1) is 13.2. The third kappa shape index (κ3) is 5.15. The van der Waals surface area contributed by atoms with Crippen LogP contribution in [0.2, 0.25) is 0 Å². The second-order valence-corrected chi connectivity index (χ2v) is 7.58. The van der Waals surface area contributed by atoms with Crippen molar-refractivity contribution in [2.24, 2.45) is 0 Å². The molecule has 0 spiro atoms. The largest absolute Gasteiger partial charge is 0.462 e. The maximum atomic E-state index is 12.7. The van der Waals surface area contributed by atoms with Crippen molar-refractivity contribution in [2.45, 2.75) is 60.1 Å². The van der Waals surface area contributed by atoms with Gasteiger partial charge < -0.3 is 19.8 Å². The smallest absolute Gasteiger partial charge is 0.355 e. The Kier molecular flexibility index (Phi) is 6.89. The van der Waals surface area contributed by atoms with Gasteiger partial charge in [0.1, 0.15) is 11.3 Å². The van der Waals surface area contributed by atoms with Crippen molar-refractivity contribution in [3.05, 3.63) is 52.3 Å². The molecule has 0 amide bonds. The fourth-order valence-corrected chi connectivity index (χ4v) is 2.99. The van der Waals surface area contributed by atoms with Crippen LogP contribution in [0.5, 0.6) is 0 Å². The topological polar surface area (TPSA) is 80.4 Å². The number of benzene rings is 1. The van der Waals surface area contributed by atoms with Gasteiger partial charge in [0.2, 0.25) is 0 Å². The SMILES string of the molecule is CCOC(=O)c1c(CNc2ccccc2C)[nH]c(C(=O)OC(C)(C)C)c1CC. The number of hydrogen-bond acceptors (Lipinski definition) is 5. The Labute approximate surface area is 166 Å². The number of nitrogens with one attached hydrogen (secondary N) is 2. The molecule has 6 nitrogen and oxygen atoms in total. The number of carbonyl (C=O) groups excluding carboxylic acids is 2. The Morgan fingerprint density at radius 3 is 2.36 bits per heavy atom. The maximum Gasteiger partial charge on any atom is 0.355 e. The molecule has 0 aliphatic rings. The van der Waals surface area contributed by atoms with Crippen molar-refractivity contribution in [1.29, 1.82) is 0 Å². The molecular weight excluding hydrogens is 356 g/mol. The Balaban J connectivity index is 2.43. The number of carbonyl (C=O) groups is 2. The van der Waals surface area contributed by atoms with Crippen LogP contribution in [0.4, 0.5) is 5.69 Å². The molecule has 1 heterocycles. The third-order valence-electron chi connectivity index (χ3n) is 4.22. The second-order valence-electron chi connectivity index (χ2n) is 7.58. The Bertz CT molecular complexity index is 847. The lowest BCUT2D eigenvalue weighted by atomic mass is 10.1. The van der Waals surface area contributed by atoms with Gasteiger partial charge in [-0.05, 0) is 58.2 Å². The van der Waals surface area contributed by atoms with Crippen molar-refractivity contribution < 1.29 is 19.1 Å². The fraction of sp³-hybridized carbons (Fsp3) is 0.455. The van der Waals surface area contributed by atoms with Gasteiger partial charge in [0.05, 0.1) is 18.7 Å². The van der Waals surface area contributed by atoms with Crippen molar-refractivity contribution in [2.75, 3.05) is 11.9 Å². The normalized spacial score (nSPS) is 11.2. The first kappa shape index (κ1) is 21.5. The van der Waals surface area contributed by atoms with E-state index in [4.69, 9.17) is 9.47 Å². The highest BCUT2D eigenvalue weighted by Crippen LogP contribution is 2.25. The molecule has 6 heteroatoms. The van der Waals surface area contributed by atoms with Gasteiger partial charge >= 0.3 is 11.9 Å². The summed E-state index contributed by atoms with van der Waals surface area (Å²) in [6.45, 7) is 11.7. The molecule has 0 bridgehead atoms. The maximum absolute atomic E-state index is 12.7. The van der Waals surface area contributed by atoms with E-state index in [1.165, 1.54) is 0 Å².